The van der Waals surface area contributed by atoms with Crippen LogP contribution in [0.25, 0.3) is 11.8 Å². The van der Waals surface area contributed by atoms with Crippen molar-refractivity contribution in [2.45, 2.75) is 34.1 Å². The average molecular weight is 428 g/mol. The number of nitrogens with zero attached hydrogens (tertiary/aromatic N) is 2. The Morgan fingerprint density at radius 3 is 2.28 bits per heavy atom. The summed E-state index contributed by atoms with van der Waals surface area (Å²) in [5, 5.41) is 2.29. The largest absolute Gasteiger partial charge is 0.335 e. The molecule has 0 radical (unpaired) electrons. The van der Waals surface area contributed by atoms with Gasteiger partial charge in [0.1, 0.15) is 5.57 Å². The highest BCUT2D eigenvalue weighted by atomic mass is 16.2. The molecule has 1 aliphatic heterocycles. The number of rotatable bonds is 4. The molecule has 0 bridgehead atoms. The van der Waals surface area contributed by atoms with Crippen molar-refractivity contribution in [3.63, 3.8) is 0 Å². The first-order valence-corrected chi connectivity index (χ1v) is 10.6. The topological polar surface area (TPSA) is 71.4 Å². The van der Waals surface area contributed by atoms with Gasteiger partial charge in [-0.1, -0.05) is 31.2 Å². The quantitative estimate of drug-likeness (QED) is 0.487. The van der Waals surface area contributed by atoms with E-state index in [0.29, 0.717) is 5.69 Å². The van der Waals surface area contributed by atoms with E-state index >= 15 is 0 Å². The van der Waals surface area contributed by atoms with Gasteiger partial charge in [-0.2, -0.15) is 0 Å². The number of hydrogen-bond donors (Lipinski definition) is 1. The minimum atomic E-state index is -0.746. The van der Waals surface area contributed by atoms with Crippen molar-refractivity contribution in [1.82, 2.24) is 9.88 Å². The first-order chi connectivity index (χ1) is 15.3. The molecule has 1 aliphatic rings. The Labute approximate surface area is 187 Å². The van der Waals surface area contributed by atoms with E-state index in [0.717, 1.165) is 39.5 Å². The van der Waals surface area contributed by atoms with Crippen LogP contribution >= 0.6 is 0 Å². The average Bonchev–Trinajstić information content (AvgIpc) is 3.04. The number of imide groups is 2. The Hall–Kier alpha value is -3.93. The lowest BCUT2D eigenvalue weighted by Gasteiger charge is -2.26. The number of carbonyl (C=O) groups excluding carboxylic acids is 3. The molecule has 0 atom stereocenters. The second kappa shape index (κ2) is 8.30. The third kappa shape index (κ3) is 3.75. The molecule has 1 saturated heterocycles. The monoisotopic (exact) mass is 427 g/mol. The summed E-state index contributed by atoms with van der Waals surface area (Å²) in [5.41, 5.74) is 6.15. The summed E-state index contributed by atoms with van der Waals surface area (Å²) < 4.78 is 2.08. The molecule has 4 rings (SSSR count). The minimum absolute atomic E-state index is 0.0762. The van der Waals surface area contributed by atoms with Crippen LogP contribution in [0.3, 0.4) is 0 Å². The fraction of sp³-hybridized carbons (Fsp3) is 0.192. The molecule has 2 aromatic carbocycles. The fourth-order valence-electron chi connectivity index (χ4n) is 4.03. The molecule has 6 heteroatoms. The molecule has 3 aromatic rings. The summed E-state index contributed by atoms with van der Waals surface area (Å²) >= 11 is 0. The van der Waals surface area contributed by atoms with Crippen LogP contribution in [0.4, 0.5) is 10.5 Å². The molecule has 6 nitrogen and oxygen atoms in total. The molecule has 0 spiro atoms. The van der Waals surface area contributed by atoms with Crippen molar-refractivity contribution in [1.29, 1.82) is 0 Å². The van der Waals surface area contributed by atoms with Crippen molar-refractivity contribution in [2.24, 2.45) is 0 Å². The van der Waals surface area contributed by atoms with Crippen LogP contribution < -0.4 is 10.2 Å². The lowest BCUT2D eigenvalue weighted by atomic mass is 10.1. The molecule has 4 amide bonds. The summed E-state index contributed by atoms with van der Waals surface area (Å²) in [4.78, 5) is 39.2. The van der Waals surface area contributed by atoms with Crippen molar-refractivity contribution in [2.75, 3.05) is 4.90 Å². The van der Waals surface area contributed by atoms with Gasteiger partial charge in [-0.3, -0.25) is 14.9 Å². The Bertz CT molecular complexity index is 1270. The van der Waals surface area contributed by atoms with Gasteiger partial charge < -0.3 is 4.57 Å². The molecule has 0 aliphatic carbocycles. The van der Waals surface area contributed by atoms with E-state index in [2.05, 4.69) is 41.1 Å². The molecule has 32 heavy (non-hydrogen) atoms. The van der Waals surface area contributed by atoms with Crippen LogP contribution in [-0.2, 0) is 16.0 Å². The molecule has 2 heterocycles. The zero-order chi connectivity index (χ0) is 23.0. The normalized spacial score (nSPS) is 15.4. The first kappa shape index (κ1) is 21.3. The van der Waals surface area contributed by atoms with Crippen LogP contribution in [0.1, 0.15) is 35.0 Å². The Kier molecular flexibility index (Phi) is 5.53. The highest BCUT2D eigenvalue weighted by molar-refractivity contribution is 6.39. The Morgan fingerprint density at radius 1 is 0.906 bits per heavy atom. The van der Waals surface area contributed by atoms with Crippen molar-refractivity contribution < 1.29 is 14.4 Å². The molecular formula is C26H25N3O3. The van der Waals surface area contributed by atoms with Gasteiger partial charge in [-0.25, -0.2) is 9.69 Å². The number of anilines is 1. The van der Waals surface area contributed by atoms with Gasteiger partial charge in [0.25, 0.3) is 11.8 Å². The highest BCUT2D eigenvalue weighted by Crippen LogP contribution is 2.26. The molecule has 0 unspecified atom stereocenters. The second-order valence-corrected chi connectivity index (χ2v) is 7.98. The molecule has 1 aromatic heterocycles. The van der Waals surface area contributed by atoms with Crippen molar-refractivity contribution in [3.8, 4) is 5.69 Å². The Balaban J connectivity index is 1.74. The summed E-state index contributed by atoms with van der Waals surface area (Å²) in [6.07, 6.45) is 2.53. The van der Waals surface area contributed by atoms with Crippen LogP contribution in [0.2, 0.25) is 0 Å². The minimum Gasteiger partial charge on any atom is -0.318 e. The predicted molar refractivity (Wildman–Crippen MR) is 125 cm³/mol. The summed E-state index contributed by atoms with van der Waals surface area (Å²) in [6.45, 7) is 7.91. The van der Waals surface area contributed by atoms with Crippen LogP contribution in [0.5, 0.6) is 0 Å². The van der Waals surface area contributed by atoms with Crippen LogP contribution in [0.15, 0.2) is 60.2 Å². The third-order valence-corrected chi connectivity index (χ3v) is 5.73. The number of barbiturate groups is 1. The van der Waals surface area contributed by atoms with Crippen molar-refractivity contribution in [3.05, 3.63) is 88.2 Å². The Morgan fingerprint density at radius 2 is 1.62 bits per heavy atom. The lowest BCUT2D eigenvalue weighted by Crippen LogP contribution is -2.54. The number of aromatic nitrogens is 1. The standard InChI is InChI=1S/C26H25N3O3/c1-5-19-9-11-21(12-10-19)28-17(3)14-20(18(28)4)15-23-24(30)27-26(32)29(25(23)31)22-8-6-7-16(2)13-22/h6-15H,5H2,1-4H3,(H,27,30,32)/b23-15+. The second-order valence-electron chi connectivity index (χ2n) is 7.98. The van der Waals surface area contributed by atoms with E-state index in [1.807, 2.05) is 32.9 Å². The maximum atomic E-state index is 13.2. The van der Waals surface area contributed by atoms with Gasteiger partial charge >= 0.3 is 6.03 Å². The number of carbonyl (C=O) groups is 3. The van der Waals surface area contributed by atoms with Gasteiger partial charge in [0.2, 0.25) is 0 Å². The maximum absolute atomic E-state index is 13.2. The van der Waals surface area contributed by atoms with Crippen LogP contribution in [0, 0.1) is 20.8 Å². The molecule has 1 N–H and O–H groups in total. The van der Waals surface area contributed by atoms with E-state index in [4.69, 9.17) is 0 Å². The predicted octanol–water partition coefficient (Wildman–Crippen LogP) is 4.63. The van der Waals surface area contributed by atoms with Gasteiger partial charge in [-0.05, 0) is 80.3 Å². The summed E-state index contributed by atoms with van der Waals surface area (Å²) in [7, 11) is 0. The van der Waals surface area contributed by atoms with Crippen LogP contribution in [-0.4, -0.2) is 22.4 Å². The van der Waals surface area contributed by atoms with E-state index in [1.54, 1.807) is 24.3 Å². The zero-order valence-corrected chi connectivity index (χ0v) is 18.6. The summed E-state index contributed by atoms with van der Waals surface area (Å²) in [5.74, 6) is -1.33. The summed E-state index contributed by atoms with van der Waals surface area (Å²) in [6, 6.07) is 16.5. The maximum Gasteiger partial charge on any atom is 0.335 e. The van der Waals surface area contributed by atoms with Crippen molar-refractivity contribution >= 4 is 29.6 Å². The fourth-order valence-corrected chi connectivity index (χ4v) is 4.03. The van der Waals surface area contributed by atoms with Gasteiger partial charge in [0.15, 0.2) is 0 Å². The number of benzene rings is 2. The van der Waals surface area contributed by atoms with E-state index in [9.17, 15) is 14.4 Å². The molecular weight excluding hydrogens is 402 g/mol. The number of aryl methyl sites for hydroxylation is 3. The lowest BCUT2D eigenvalue weighted by molar-refractivity contribution is -0.122. The van der Waals surface area contributed by atoms with E-state index in [-0.39, 0.29) is 5.57 Å². The number of nitrogens with one attached hydrogen (secondary N) is 1. The molecule has 0 saturated carbocycles. The van der Waals surface area contributed by atoms with Gasteiger partial charge in [-0.15, -0.1) is 0 Å². The third-order valence-electron chi connectivity index (χ3n) is 5.73. The number of hydrogen-bond acceptors (Lipinski definition) is 3. The number of urea groups is 1. The number of amides is 4. The molecule has 162 valence electrons. The van der Waals surface area contributed by atoms with E-state index < -0.39 is 17.8 Å². The smallest absolute Gasteiger partial charge is 0.318 e. The highest BCUT2D eigenvalue weighted by Gasteiger charge is 2.37. The first-order valence-electron chi connectivity index (χ1n) is 10.6. The van der Waals surface area contributed by atoms with E-state index in [1.165, 1.54) is 5.56 Å². The zero-order valence-electron chi connectivity index (χ0n) is 18.6. The molecule has 1 fully saturated rings. The SMILES string of the molecule is CCc1ccc(-n2c(C)cc(/C=C3\C(=O)NC(=O)N(c4cccc(C)c4)C3=O)c2C)cc1. The van der Waals surface area contributed by atoms with Gasteiger partial charge in [0, 0.05) is 17.1 Å². The van der Waals surface area contributed by atoms with Gasteiger partial charge in [0.05, 0.1) is 5.69 Å².